The monoisotopic (exact) mass is 308 g/mol. The quantitative estimate of drug-likeness (QED) is 0.883. The highest BCUT2D eigenvalue weighted by atomic mass is 16.2. The average Bonchev–Trinajstić information content (AvgIpc) is 2.98. The van der Waals surface area contributed by atoms with Gasteiger partial charge in [0.05, 0.1) is 0 Å². The average molecular weight is 308 g/mol. The number of nitrogens with one attached hydrogen (secondary N) is 1. The SMILES string of the molecule is Cc1ccccc1CNC(=O)CC(=O)N1CCc2ccccc21. The summed E-state index contributed by atoms with van der Waals surface area (Å²) in [5, 5.41) is 2.83. The first kappa shape index (κ1) is 15.3. The Morgan fingerprint density at radius 3 is 2.65 bits per heavy atom. The van der Waals surface area contributed by atoms with Crippen LogP contribution in [0, 0.1) is 6.92 Å². The molecule has 1 aliphatic heterocycles. The van der Waals surface area contributed by atoms with Crippen LogP contribution in [0.4, 0.5) is 5.69 Å². The minimum atomic E-state index is -0.234. The number of hydrogen-bond acceptors (Lipinski definition) is 2. The molecule has 0 aliphatic carbocycles. The Morgan fingerprint density at radius 1 is 1.09 bits per heavy atom. The molecule has 3 rings (SSSR count). The van der Waals surface area contributed by atoms with E-state index in [1.165, 1.54) is 5.56 Å². The fourth-order valence-electron chi connectivity index (χ4n) is 2.89. The van der Waals surface area contributed by atoms with E-state index in [2.05, 4.69) is 5.32 Å². The molecular weight excluding hydrogens is 288 g/mol. The van der Waals surface area contributed by atoms with E-state index in [0.29, 0.717) is 13.1 Å². The van der Waals surface area contributed by atoms with Crippen LogP contribution >= 0.6 is 0 Å². The Balaban J connectivity index is 1.56. The molecule has 4 heteroatoms. The van der Waals surface area contributed by atoms with Crippen LogP contribution in [-0.2, 0) is 22.6 Å². The molecule has 4 nitrogen and oxygen atoms in total. The second kappa shape index (κ2) is 6.65. The number of benzene rings is 2. The van der Waals surface area contributed by atoms with Crippen LogP contribution in [0.5, 0.6) is 0 Å². The van der Waals surface area contributed by atoms with Crippen molar-refractivity contribution in [1.29, 1.82) is 0 Å². The molecule has 23 heavy (non-hydrogen) atoms. The van der Waals surface area contributed by atoms with Gasteiger partial charge in [-0.05, 0) is 36.1 Å². The lowest BCUT2D eigenvalue weighted by atomic mass is 10.1. The molecule has 0 radical (unpaired) electrons. The maximum absolute atomic E-state index is 12.4. The van der Waals surface area contributed by atoms with Crippen LogP contribution in [0.15, 0.2) is 48.5 Å². The molecule has 2 amide bonds. The third-order valence-corrected chi connectivity index (χ3v) is 4.24. The number of rotatable bonds is 4. The van der Waals surface area contributed by atoms with Crippen LogP contribution in [0.25, 0.3) is 0 Å². The Morgan fingerprint density at radius 2 is 1.83 bits per heavy atom. The van der Waals surface area contributed by atoms with Gasteiger partial charge in [0.25, 0.3) is 0 Å². The van der Waals surface area contributed by atoms with Gasteiger partial charge < -0.3 is 10.2 Å². The van der Waals surface area contributed by atoms with Crippen molar-refractivity contribution in [3.63, 3.8) is 0 Å². The van der Waals surface area contributed by atoms with E-state index in [-0.39, 0.29) is 18.2 Å². The largest absolute Gasteiger partial charge is 0.352 e. The number of aryl methyl sites for hydroxylation is 1. The Bertz CT molecular complexity index is 740. The highest BCUT2D eigenvalue weighted by molar-refractivity contribution is 6.05. The molecule has 2 aromatic carbocycles. The predicted octanol–water partition coefficient (Wildman–Crippen LogP) is 2.59. The molecule has 0 unspecified atom stereocenters. The van der Waals surface area contributed by atoms with E-state index in [0.717, 1.165) is 23.2 Å². The molecule has 0 saturated heterocycles. The van der Waals surface area contributed by atoms with Gasteiger partial charge in [-0.25, -0.2) is 0 Å². The Kier molecular flexibility index (Phi) is 4.42. The number of hydrogen-bond donors (Lipinski definition) is 1. The third-order valence-electron chi connectivity index (χ3n) is 4.24. The Labute approximate surface area is 136 Å². The van der Waals surface area contributed by atoms with Gasteiger partial charge in [-0.1, -0.05) is 42.5 Å². The van der Waals surface area contributed by atoms with Crippen molar-refractivity contribution in [3.05, 3.63) is 65.2 Å². The van der Waals surface area contributed by atoms with Crippen molar-refractivity contribution >= 4 is 17.5 Å². The maximum Gasteiger partial charge on any atom is 0.236 e. The summed E-state index contributed by atoms with van der Waals surface area (Å²) in [4.78, 5) is 26.1. The molecule has 0 saturated carbocycles. The van der Waals surface area contributed by atoms with Gasteiger partial charge in [-0.2, -0.15) is 0 Å². The van der Waals surface area contributed by atoms with E-state index in [9.17, 15) is 9.59 Å². The minimum Gasteiger partial charge on any atom is -0.352 e. The number of amides is 2. The highest BCUT2D eigenvalue weighted by Gasteiger charge is 2.25. The van der Waals surface area contributed by atoms with Crippen molar-refractivity contribution in [3.8, 4) is 0 Å². The molecule has 1 N–H and O–H groups in total. The number of carbonyl (C=O) groups is 2. The van der Waals surface area contributed by atoms with Gasteiger partial charge in [0.15, 0.2) is 0 Å². The first-order valence-corrected chi connectivity index (χ1v) is 7.84. The zero-order valence-corrected chi connectivity index (χ0v) is 13.2. The minimum absolute atomic E-state index is 0.111. The lowest BCUT2D eigenvalue weighted by molar-refractivity contribution is -0.128. The fourth-order valence-corrected chi connectivity index (χ4v) is 2.89. The zero-order valence-electron chi connectivity index (χ0n) is 13.2. The summed E-state index contributed by atoms with van der Waals surface area (Å²) in [5.74, 6) is -0.375. The summed E-state index contributed by atoms with van der Waals surface area (Å²) in [6.07, 6.45) is 0.743. The molecule has 0 spiro atoms. The molecule has 2 aromatic rings. The summed E-state index contributed by atoms with van der Waals surface area (Å²) in [7, 11) is 0. The number of fused-ring (bicyclic) bond motifs is 1. The van der Waals surface area contributed by atoms with E-state index < -0.39 is 0 Å². The topological polar surface area (TPSA) is 49.4 Å². The number of carbonyl (C=O) groups excluding carboxylic acids is 2. The molecular formula is C19H20N2O2. The van der Waals surface area contributed by atoms with Crippen LogP contribution in [0.2, 0.25) is 0 Å². The van der Waals surface area contributed by atoms with Crippen molar-refractivity contribution in [2.45, 2.75) is 26.3 Å². The van der Waals surface area contributed by atoms with E-state index in [1.54, 1.807) is 4.90 Å². The molecule has 1 aliphatic rings. The van der Waals surface area contributed by atoms with Gasteiger partial charge in [0.2, 0.25) is 11.8 Å². The lowest BCUT2D eigenvalue weighted by Gasteiger charge is -2.17. The van der Waals surface area contributed by atoms with Crippen molar-refractivity contribution in [1.82, 2.24) is 5.32 Å². The van der Waals surface area contributed by atoms with E-state index in [4.69, 9.17) is 0 Å². The van der Waals surface area contributed by atoms with Gasteiger partial charge in [0.1, 0.15) is 6.42 Å². The molecule has 0 aromatic heterocycles. The first-order chi connectivity index (χ1) is 11.1. The fraction of sp³-hybridized carbons (Fsp3) is 0.263. The van der Waals surface area contributed by atoms with E-state index in [1.807, 2.05) is 55.5 Å². The zero-order chi connectivity index (χ0) is 16.2. The number of nitrogens with zero attached hydrogens (tertiary/aromatic N) is 1. The maximum atomic E-state index is 12.4. The number of para-hydroxylation sites is 1. The smallest absolute Gasteiger partial charge is 0.236 e. The molecule has 0 atom stereocenters. The van der Waals surface area contributed by atoms with Gasteiger partial charge in [-0.15, -0.1) is 0 Å². The van der Waals surface area contributed by atoms with Gasteiger partial charge in [-0.3, -0.25) is 9.59 Å². The molecule has 118 valence electrons. The second-order valence-corrected chi connectivity index (χ2v) is 5.80. The van der Waals surface area contributed by atoms with Crippen molar-refractivity contribution in [2.75, 3.05) is 11.4 Å². The van der Waals surface area contributed by atoms with Crippen LogP contribution < -0.4 is 10.2 Å². The van der Waals surface area contributed by atoms with Crippen LogP contribution in [-0.4, -0.2) is 18.4 Å². The summed E-state index contributed by atoms with van der Waals surface area (Å²) in [5.41, 5.74) is 4.30. The first-order valence-electron chi connectivity index (χ1n) is 7.84. The number of anilines is 1. The molecule has 1 heterocycles. The molecule has 0 bridgehead atoms. The van der Waals surface area contributed by atoms with Crippen LogP contribution in [0.1, 0.15) is 23.1 Å². The standard InChI is InChI=1S/C19H20N2O2/c1-14-6-2-3-8-16(14)13-20-18(22)12-19(23)21-11-10-15-7-4-5-9-17(15)21/h2-9H,10-13H2,1H3,(H,20,22). The summed E-state index contributed by atoms with van der Waals surface area (Å²) in [6, 6.07) is 15.8. The van der Waals surface area contributed by atoms with Crippen molar-refractivity contribution < 1.29 is 9.59 Å². The van der Waals surface area contributed by atoms with Gasteiger partial charge in [0, 0.05) is 18.8 Å². The summed E-state index contributed by atoms with van der Waals surface area (Å²) >= 11 is 0. The second-order valence-electron chi connectivity index (χ2n) is 5.80. The lowest BCUT2D eigenvalue weighted by Crippen LogP contribution is -2.34. The Hall–Kier alpha value is -2.62. The van der Waals surface area contributed by atoms with E-state index >= 15 is 0 Å². The van der Waals surface area contributed by atoms with Gasteiger partial charge >= 0.3 is 0 Å². The molecule has 0 fully saturated rings. The predicted molar refractivity (Wildman–Crippen MR) is 90.1 cm³/mol. The summed E-state index contributed by atoms with van der Waals surface area (Å²) < 4.78 is 0. The third kappa shape index (κ3) is 3.42. The highest BCUT2D eigenvalue weighted by Crippen LogP contribution is 2.27. The normalized spacial score (nSPS) is 12.8. The van der Waals surface area contributed by atoms with Crippen molar-refractivity contribution in [2.24, 2.45) is 0 Å². The van der Waals surface area contributed by atoms with Crippen LogP contribution in [0.3, 0.4) is 0 Å². The summed E-state index contributed by atoms with van der Waals surface area (Å²) in [6.45, 7) is 3.12.